The summed E-state index contributed by atoms with van der Waals surface area (Å²) in [6.45, 7) is 0.534. The van der Waals surface area contributed by atoms with Gasteiger partial charge < -0.3 is 15.8 Å². The molecule has 3 rings (SSSR count). The van der Waals surface area contributed by atoms with Crippen LogP contribution >= 0.6 is 0 Å². The summed E-state index contributed by atoms with van der Waals surface area (Å²) in [5, 5.41) is 14.1. The number of phenols is 1. The fourth-order valence-electron chi connectivity index (χ4n) is 2.51. The van der Waals surface area contributed by atoms with Gasteiger partial charge in [0.1, 0.15) is 11.6 Å². The van der Waals surface area contributed by atoms with Crippen molar-refractivity contribution in [2.45, 2.75) is 6.42 Å². The molecular weight excluding hydrogens is 304 g/mol. The molecule has 7 heteroatoms. The fraction of sp³-hybridized carbons (Fsp3) is 0.118. The van der Waals surface area contributed by atoms with Gasteiger partial charge in [0.25, 0.3) is 0 Å². The molecule has 0 spiro atoms. The van der Waals surface area contributed by atoms with E-state index in [-0.39, 0.29) is 5.75 Å². The number of nitrogens with one attached hydrogen (secondary N) is 1. The molecule has 120 valence electrons. The van der Waals surface area contributed by atoms with Crippen LogP contribution in [-0.4, -0.2) is 22.5 Å². The number of aliphatic imine (C=N–C) groups is 1. The van der Waals surface area contributed by atoms with E-state index in [4.69, 9.17) is 11.3 Å². The highest BCUT2D eigenvalue weighted by atomic mass is 16.3. The number of nitrogens with zero attached hydrogens (tertiary/aromatic N) is 4. The molecule has 0 radical (unpaired) electrons. The lowest BCUT2D eigenvalue weighted by atomic mass is 10.1. The monoisotopic (exact) mass is 320 g/mol. The highest BCUT2D eigenvalue weighted by Gasteiger charge is 2.04. The number of azide groups is 1. The van der Waals surface area contributed by atoms with Crippen molar-refractivity contribution in [2.75, 3.05) is 6.54 Å². The molecule has 0 amide bonds. The highest BCUT2D eigenvalue weighted by Crippen LogP contribution is 2.23. The number of amidine groups is 1. The number of phenolic OH excluding ortho intramolecular Hbond substituents is 1. The molecule has 0 unspecified atom stereocenters. The van der Waals surface area contributed by atoms with Crippen molar-refractivity contribution in [3.8, 4) is 5.75 Å². The van der Waals surface area contributed by atoms with Crippen LogP contribution in [0.3, 0.4) is 0 Å². The highest BCUT2D eigenvalue weighted by molar-refractivity contribution is 5.97. The first-order valence-corrected chi connectivity index (χ1v) is 7.42. The Morgan fingerprint density at radius 3 is 2.75 bits per heavy atom. The number of benzene rings is 2. The van der Waals surface area contributed by atoms with Gasteiger partial charge in [0.15, 0.2) is 0 Å². The molecule has 1 heterocycles. The minimum atomic E-state index is 0.242. The van der Waals surface area contributed by atoms with E-state index in [1.807, 2.05) is 12.3 Å². The van der Waals surface area contributed by atoms with E-state index >= 15 is 0 Å². The first-order chi connectivity index (χ1) is 11.7. The first-order valence-electron chi connectivity index (χ1n) is 7.42. The van der Waals surface area contributed by atoms with Gasteiger partial charge in [-0.25, -0.2) is 0 Å². The van der Waals surface area contributed by atoms with E-state index in [1.54, 1.807) is 36.4 Å². The Kier molecular flexibility index (Phi) is 4.36. The van der Waals surface area contributed by atoms with Crippen molar-refractivity contribution in [3.05, 3.63) is 70.2 Å². The summed E-state index contributed by atoms with van der Waals surface area (Å²) < 4.78 is 0. The van der Waals surface area contributed by atoms with E-state index in [2.05, 4.69) is 20.0 Å². The largest absolute Gasteiger partial charge is 0.508 e. The lowest BCUT2D eigenvalue weighted by molar-refractivity contribution is 0.476. The molecule has 0 aliphatic rings. The van der Waals surface area contributed by atoms with Gasteiger partial charge in [0.05, 0.1) is 0 Å². The summed E-state index contributed by atoms with van der Waals surface area (Å²) >= 11 is 0. The predicted octanol–water partition coefficient (Wildman–Crippen LogP) is 3.76. The summed E-state index contributed by atoms with van der Waals surface area (Å²) in [5.41, 5.74) is 17.8. The van der Waals surface area contributed by atoms with Crippen LogP contribution < -0.4 is 5.73 Å². The van der Waals surface area contributed by atoms with Crippen LogP contribution in [-0.2, 0) is 6.42 Å². The Morgan fingerprint density at radius 1 is 1.21 bits per heavy atom. The molecular formula is C17H16N6O. The standard InChI is InChI=1S/C17H16N6O/c18-17(11-1-3-13(4-2-11)22-23-19)20-8-7-12-10-21-16-6-5-14(24)9-15(12)16/h1-6,9-10,21,24H,7-8H2,(H2,18,20). The number of nitrogens with two attached hydrogens (primary N) is 1. The minimum Gasteiger partial charge on any atom is -0.508 e. The normalized spacial score (nSPS) is 11.4. The third-order valence-electron chi connectivity index (χ3n) is 3.74. The van der Waals surface area contributed by atoms with Gasteiger partial charge in [0, 0.05) is 39.8 Å². The zero-order chi connectivity index (χ0) is 16.9. The lowest BCUT2D eigenvalue weighted by Gasteiger charge is -2.02. The van der Waals surface area contributed by atoms with Crippen LogP contribution in [0.1, 0.15) is 11.1 Å². The second-order valence-corrected chi connectivity index (χ2v) is 5.30. The Hall–Kier alpha value is -3.44. The van der Waals surface area contributed by atoms with Crippen LogP contribution in [0.5, 0.6) is 5.75 Å². The van der Waals surface area contributed by atoms with Gasteiger partial charge in [0.2, 0.25) is 0 Å². The molecule has 0 saturated carbocycles. The van der Waals surface area contributed by atoms with Gasteiger partial charge in [-0.2, -0.15) is 0 Å². The van der Waals surface area contributed by atoms with Crippen LogP contribution in [0.15, 0.2) is 58.8 Å². The smallest absolute Gasteiger partial charge is 0.125 e. The predicted molar refractivity (Wildman–Crippen MR) is 94.5 cm³/mol. The lowest BCUT2D eigenvalue weighted by Crippen LogP contribution is -2.14. The second-order valence-electron chi connectivity index (χ2n) is 5.30. The third-order valence-corrected chi connectivity index (χ3v) is 3.74. The summed E-state index contributed by atoms with van der Waals surface area (Å²) in [6.07, 6.45) is 2.63. The molecule has 0 fully saturated rings. The van der Waals surface area contributed by atoms with Gasteiger partial charge in [-0.3, -0.25) is 4.99 Å². The van der Waals surface area contributed by atoms with Gasteiger partial charge in [-0.15, -0.1) is 0 Å². The van der Waals surface area contributed by atoms with E-state index in [1.165, 1.54) is 0 Å². The first kappa shape index (κ1) is 15.5. The number of fused-ring (bicyclic) bond motifs is 1. The SMILES string of the molecule is [N-]=[N+]=Nc1ccc(C(N)=NCCc2c[nH]c3ccc(O)cc23)cc1. The number of H-pyrrole nitrogens is 1. The van der Waals surface area contributed by atoms with E-state index in [0.29, 0.717) is 24.5 Å². The number of aromatic nitrogens is 1. The molecule has 0 aliphatic heterocycles. The van der Waals surface area contributed by atoms with Gasteiger partial charge in [-0.05, 0) is 35.7 Å². The number of hydrogen-bond donors (Lipinski definition) is 3. The van der Waals surface area contributed by atoms with E-state index < -0.39 is 0 Å². The maximum atomic E-state index is 9.60. The Bertz CT molecular complexity index is 935. The molecule has 0 bridgehead atoms. The number of aromatic amines is 1. The Balaban J connectivity index is 1.70. The van der Waals surface area contributed by atoms with Gasteiger partial charge in [-0.1, -0.05) is 29.4 Å². The van der Waals surface area contributed by atoms with Crippen molar-refractivity contribution < 1.29 is 5.11 Å². The zero-order valence-corrected chi connectivity index (χ0v) is 12.8. The quantitative estimate of drug-likeness (QED) is 0.218. The van der Waals surface area contributed by atoms with Crippen molar-refractivity contribution in [1.82, 2.24) is 4.98 Å². The molecule has 3 aromatic rings. The topological polar surface area (TPSA) is 123 Å². The van der Waals surface area contributed by atoms with Crippen molar-refractivity contribution in [1.29, 1.82) is 0 Å². The summed E-state index contributed by atoms with van der Waals surface area (Å²) in [7, 11) is 0. The van der Waals surface area contributed by atoms with Crippen LogP contribution in [0.25, 0.3) is 21.3 Å². The molecule has 0 saturated heterocycles. The second kappa shape index (κ2) is 6.76. The van der Waals surface area contributed by atoms with Crippen LogP contribution in [0, 0.1) is 0 Å². The Morgan fingerprint density at radius 2 is 2.00 bits per heavy atom. The molecule has 24 heavy (non-hydrogen) atoms. The van der Waals surface area contributed by atoms with E-state index in [9.17, 15) is 5.11 Å². The Labute approximate surface area is 138 Å². The van der Waals surface area contributed by atoms with E-state index in [0.717, 1.165) is 22.0 Å². The summed E-state index contributed by atoms with van der Waals surface area (Å²) in [6, 6.07) is 12.2. The van der Waals surface area contributed by atoms with Crippen LogP contribution in [0.4, 0.5) is 5.69 Å². The van der Waals surface area contributed by atoms with Crippen molar-refractivity contribution in [2.24, 2.45) is 15.8 Å². The molecule has 0 atom stereocenters. The molecule has 7 nitrogen and oxygen atoms in total. The summed E-state index contributed by atoms with van der Waals surface area (Å²) in [5.74, 6) is 0.677. The zero-order valence-electron chi connectivity index (χ0n) is 12.8. The van der Waals surface area contributed by atoms with Gasteiger partial charge >= 0.3 is 0 Å². The maximum absolute atomic E-state index is 9.60. The molecule has 0 aliphatic carbocycles. The average molecular weight is 320 g/mol. The van der Waals surface area contributed by atoms with Crippen molar-refractivity contribution in [3.63, 3.8) is 0 Å². The average Bonchev–Trinajstić information content (AvgIpc) is 2.98. The maximum Gasteiger partial charge on any atom is 0.125 e. The number of hydrogen-bond acceptors (Lipinski definition) is 3. The van der Waals surface area contributed by atoms with Crippen LogP contribution in [0.2, 0.25) is 0 Å². The fourth-order valence-corrected chi connectivity index (χ4v) is 2.51. The number of aromatic hydroxyl groups is 1. The minimum absolute atomic E-state index is 0.242. The van der Waals surface area contributed by atoms with Crippen molar-refractivity contribution >= 4 is 22.4 Å². The number of rotatable bonds is 5. The third kappa shape index (κ3) is 3.31. The summed E-state index contributed by atoms with van der Waals surface area (Å²) in [4.78, 5) is 10.3. The molecule has 2 aromatic carbocycles. The molecule has 4 N–H and O–H groups in total. The molecule has 1 aromatic heterocycles.